The average Bonchev–Trinajstić information content (AvgIpc) is 2.64. The molecule has 0 saturated heterocycles. The van der Waals surface area contributed by atoms with Crippen LogP contribution >= 0.6 is 0 Å². The number of hydrogen-bond acceptors (Lipinski definition) is 1. The lowest BCUT2D eigenvalue weighted by Gasteiger charge is -2.08. The van der Waals surface area contributed by atoms with Crippen molar-refractivity contribution in [3.05, 3.63) is 35.5 Å². The maximum Gasteiger partial charge on any atom is 0.224 e. The van der Waals surface area contributed by atoms with E-state index in [0.29, 0.717) is 0 Å². The summed E-state index contributed by atoms with van der Waals surface area (Å²) in [7, 11) is 2.01. The smallest absolute Gasteiger partial charge is 0.224 e. The van der Waals surface area contributed by atoms with Gasteiger partial charge in [0.1, 0.15) is 0 Å². The number of benzene rings is 1. The third-order valence-electron chi connectivity index (χ3n) is 3.31. The first-order chi connectivity index (χ1) is 8.54. The number of aromatic nitrogens is 1. The Labute approximate surface area is 109 Å². The van der Waals surface area contributed by atoms with Gasteiger partial charge >= 0.3 is 0 Å². The van der Waals surface area contributed by atoms with Crippen molar-refractivity contribution >= 4 is 16.8 Å². The van der Waals surface area contributed by atoms with Crippen molar-refractivity contribution in [1.82, 2.24) is 4.57 Å². The molecule has 0 radical (unpaired) electrons. The molecule has 2 N–H and O–H groups in total. The summed E-state index contributed by atoms with van der Waals surface area (Å²) in [5.74, 6) is -0.523. The highest BCUT2D eigenvalue weighted by Crippen LogP contribution is 2.30. The second kappa shape index (κ2) is 5.71. The molecule has 1 atom stereocenters. The summed E-state index contributed by atoms with van der Waals surface area (Å²) < 4.78 is 2.10. The number of hydrogen-bond donors (Lipinski definition) is 1. The zero-order valence-corrected chi connectivity index (χ0v) is 11.8. The number of para-hydroxylation sites is 1. The number of rotatable bonds is 2. The minimum absolute atomic E-state index is 0.244. The molecule has 0 fully saturated rings. The van der Waals surface area contributed by atoms with Gasteiger partial charge in [0.2, 0.25) is 5.91 Å². The van der Waals surface area contributed by atoms with Crippen molar-refractivity contribution in [1.29, 1.82) is 0 Å². The molecule has 2 aromatic rings. The molecular weight excluding hydrogens is 224 g/mol. The Hall–Kier alpha value is -1.77. The highest BCUT2D eigenvalue weighted by atomic mass is 16.1. The third-order valence-corrected chi connectivity index (χ3v) is 3.31. The lowest BCUT2D eigenvalue weighted by molar-refractivity contribution is -0.119. The summed E-state index contributed by atoms with van der Waals surface area (Å²) in [5, 5.41) is 1.12. The number of primary amides is 1. The van der Waals surface area contributed by atoms with Gasteiger partial charge in [-0.05, 0) is 25.5 Å². The Morgan fingerprint density at radius 2 is 1.83 bits per heavy atom. The Morgan fingerprint density at radius 1 is 1.28 bits per heavy atom. The van der Waals surface area contributed by atoms with Gasteiger partial charge in [0.05, 0.1) is 5.92 Å². The lowest BCUT2D eigenvalue weighted by Crippen LogP contribution is -2.19. The molecule has 1 aromatic carbocycles. The first-order valence-corrected chi connectivity index (χ1v) is 6.37. The van der Waals surface area contributed by atoms with Crippen molar-refractivity contribution in [2.45, 2.75) is 33.6 Å². The molecule has 3 nitrogen and oxygen atoms in total. The van der Waals surface area contributed by atoms with Crippen LogP contribution in [-0.4, -0.2) is 10.5 Å². The van der Waals surface area contributed by atoms with Crippen LogP contribution in [0.15, 0.2) is 24.3 Å². The summed E-state index contributed by atoms with van der Waals surface area (Å²) in [6, 6.07) is 8.08. The second-order valence-electron chi connectivity index (χ2n) is 4.20. The fourth-order valence-corrected chi connectivity index (χ4v) is 2.24. The van der Waals surface area contributed by atoms with Gasteiger partial charge < -0.3 is 10.3 Å². The molecule has 3 heteroatoms. The van der Waals surface area contributed by atoms with Gasteiger partial charge in [-0.3, -0.25) is 4.79 Å². The predicted molar refractivity (Wildman–Crippen MR) is 76.6 cm³/mol. The molecular formula is C15H22N2O. The Bertz CT molecular complexity index is 555. The van der Waals surface area contributed by atoms with E-state index < -0.39 is 0 Å². The second-order valence-corrected chi connectivity index (χ2v) is 4.20. The molecule has 0 aliphatic heterocycles. The van der Waals surface area contributed by atoms with Crippen molar-refractivity contribution in [3.8, 4) is 0 Å². The number of carbonyl (C=O) groups is 1. The van der Waals surface area contributed by atoms with E-state index in [9.17, 15) is 4.79 Å². The van der Waals surface area contributed by atoms with Gasteiger partial charge in [-0.2, -0.15) is 0 Å². The maximum absolute atomic E-state index is 11.3. The molecule has 98 valence electrons. The molecule has 0 bridgehead atoms. The summed E-state index contributed by atoms with van der Waals surface area (Å²) in [6.45, 7) is 7.88. The largest absolute Gasteiger partial charge is 0.369 e. The fourth-order valence-electron chi connectivity index (χ4n) is 2.24. The monoisotopic (exact) mass is 246 g/mol. The zero-order chi connectivity index (χ0) is 13.9. The molecule has 1 amide bonds. The van der Waals surface area contributed by atoms with E-state index in [0.717, 1.165) is 22.2 Å². The third kappa shape index (κ3) is 2.26. The van der Waals surface area contributed by atoms with Crippen molar-refractivity contribution < 1.29 is 4.79 Å². The number of carbonyl (C=O) groups excluding carboxylic acids is 1. The van der Waals surface area contributed by atoms with Crippen LogP contribution in [0.4, 0.5) is 0 Å². The first-order valence-electron chi connectivity index (χ1n) is 6.37. The van der Waals surface area contributed by atoms with Crippen molar-refractivity contribution in [3.63, 3.8) is 0 Å². The zero-order valence-electron chi connectivity index (χ0n) is 11.8. The molecule has 0 spiro atoms. The molecule has 2 rings (SSSR count). The molecule has 0 saturated carbocycles. The van der Waals surface area contributed by atoms with E-state index in [1.807, 2.05) is 52.9 Å². The minimum Gasteiger partial charge on any atom is -0.369 e. The molecule has 18 heavy (non-hydrogen) atoms. The Balaban J connectivity index is 0.000000771. The van der Waals surface area contributed by atoms with Crippen LogP contribution in [-0.2, 0) is 11.8 Å². The van der Waals surface area contributed by atoms with Crippen LogP contribution < -0.4 is 5.73 Å². The number of nitrogens with zero attached hydrogens (tertiary/aromatic N) is 1. The summed E-state index contributed by atoms with van der Waals surface area (Å²) in [5.41, 5.74) is 8.68. The van der Waals surface area contributed by atoms with Crippen LogP contribution in [0.2, 0.25) is 0 Å². The summed E-state index contributed by atoms with van der Waals surface area (Å²) in [6.07, 6.45) is 0. The van der Waals surface area contributed by atoms with Gasteiger partial charge in [0, 0.05) is 23.6 Å². The molecule has 0 aliphatic rings. The molecule has 1 heterocycles. The molecule has 0 aliphatic carbocycles. The van der Waals surface area contributed by atoms with Crippen LogP contribution in [0.25, 0.3) is 10.9 Å². The Morgan fingerprint density at radius 3 is 2.39 bits per heavy atom. The van der Waals surface area contributed by atoms with Crippen LogP contribution in [0.5, 0.6) is 0 Å². The summed E-state index contributed by atoms with van der Waals surface area (Å²) in [4.78, 5) is 11.3. The normalized spacial score (nSPS) is 11.8. The van der Waals surface area contributed by atoms with Gasteiger partial charge in [0.25, 0.3) is 0 Å². The van der Waals surface area contributed by atoms with Gasteiger partial charge in [0.15, 0.2) is 0 Å². The van der Waals surface area contributed by atoms with Crippen molar-refractivity contribution in [2.24, 2.45) is 12.8 Å². The van der Waals surface area contributed by atoms with Gasteiger partial charge in [-0.25, -0.2) is 0 Å². The van der Waals surface area contributed by atoms with E-state index >= 15 is 0 Å². The number of nitrogens with two attached hydrogens (primary N) is 1. The van der Waals surface area contributed by atoms with Gasteiger partial charge in [-0.15, -0.1) is 0 Å². The van der Waals surface area contributed by atoms with Crippen LogP contribution in [0.3, 0.4) is 0 Å². The highest BCUT2D eigenvalue weighted by Gasteiger charge is 2.20. The van der Waals surface area contributed by atoms with E-state index in [1.165, 1.54) is 0 Å². The van der Waals surface area contributed by atoms with E-state index in [4.69, 9.17) is 5.73 Å². The van der Waals surface area contributed by atoms with E-state index in [1.54, 1.807) is 0 Å². The average molecular weight is 246 g/mol. The van der Waals surface area contributed by atoms with Crippen LogP contribution in [0, 0.1) is 6.92 Å². The van der Waals surface area contributed by atoms with Crippen molar-refractivity contribution in [2.75, 3.05) is 0 Å². The Kier molecular flexibility index (Phi) is 4.54. The topological polar surface area (TPSA) is 48.0 Å². The van der Waals surface area contributed by atoms with E-state index in [-0.39, 0.29) is 11.8 Å². The molecule has 1 aromatic heterocycles. The number of fused-ring (bicyclic) bond motifs is 1. The summed E-state index contributed by atoms with van der Waals surface area (Å²) >= 11 is 0. The minimum atomic E-state index is -0.278. The maximum atomic E-state index is 11.3. The first kappa shape index (κ1) is 14.3. The highest BCUT2D eigenvalue weighted by molar-refractivity contribution is 5.92. The molecule has 1 unspecified atom stereocenters. The standard InChI is InChI=1S/C13H16N2O.C2H6/c1-8(13(14)16)12-9(2)15(3)11-7-5-4-6-10(11)12;1-2/h4-8H,1-3H3,(H2,14,16);1-2H3. The fraction of sp³-hybridized carbons (Fsp3) is 0.400. The quantitative estimate of drug-likeness (QED) is 0.869. The number of aryl methyl sites for hydroxylation is 1. The van der Waals surface area contributed by atoms with Gasteiger partial charge in [-0.1, -0.05) is 32.0 Å². The predicted octanol–water partition coefficient (Wildman–Crippen LogP) is 3.10. The van der Waals surface area contributed by atoms with E-state index in [2.05, 4.69) is 10.6 Å². The SMILES string of the molecule is CC.Cc1c(C(C)C(N)=O)c2ccccc2n1C. The number of amides is 1. The lowest BCUT2D eigenvalue weighted by atomic mass is 9.97. The van der Waals surface area contributed by atoms with Crippen LogP contribution in [0.1, 0.15) is 37.9 Å².